The zero-order chi connectivity index (χ0) is 36.2. The van der Waals surface area contributed by atoms with E-state index in [9.17, 15) is 9.59 Å². The maximum atomic E-state index is 12.5. The largest absolute Gasteiger partial charge is 0.398 e. The Morgan fingerprint density at radius 2 is 1.10 bits per heavy atom. The zero-order valence-corrected chi connectivity index (χ0v) is 31.3. The van der Waals surface area contributed by atoms with E-state index in [-0.39, 0.29) is 0 Å². The average Bonchev–Trinajstić information content (AvgIpc) is 3.15. The van der Waals surface area contributed by atoms with Crippen LogP contribution in [0.2, 0.25) is 0 Å². The van der Waals surface area contributed by atoms with Gasteiger partial charge in [0.25, 0.3) is 0 Å². The number of nitrogens with two attached hydrogens (primary N) is 1. The van der Waals surface area contributed by atoms with Gasteiger partial charge in [0, 0.05) is 18.5 Å². The first kappa shape index (κ1) is 41.9. The lowest BCUT2D eigenvalue weighted by molar-refractivity contribution is -0.118. The lowest BCUT2D eigenvalue weighted by atomic mass is 9.91. The van der Waals surface area contributed by atoms with Gasteiger partial charge in [-0.2, -0.15) is 0 Å². The Balaban J connectivity index is 0.000000291. The molecule has 0 aromatic heterocycles. The number of benzene rings is 4. The molecule has 0 spiro atoms. The fourth-order valence-corrected chi connectivity index (χ4v) is 6.02. The second kappa shape index (κ2) is 26.6. The van der Waals surface area contributed by atoms with Crippen LogP contribution in [0, 0.1) is 11.8 Å². The number of nitrogen functional groups attached to an aromatic ring is 1. The minimum atomic E-state index is 0.385. The summed E-state index contributed by atoms with van der Waals surface area (Å²) in [5.74, 6) is 1.69. The lowest BCUT2D eigenvalue weighted by Crippen LogP contribution is -2.09. The monoisotopic (exact) mass is 674 g/mol. The number of anilines is 1. The molecule has 0 aliphatic rings. The van der Waals surface area contributed by atoms with Crippen molar-refractivity contribution in [3.8, 4) is 0 Å². The van der Waals surface area contributed by atoms with E-state index in [1.165, 1.54) is 72.8 Å². The van der Waals surface area contributed by atoms with Crippen LogP contribution in [0.4, 0.5) is 5.69 Å². The van der Waals surface area contributed by atoms with Gasteiger partial charge in [-0.1, -0.05) is 176 Å². The number of carbonyl (C=O) groups is 1. The summed E-state index contributed by atoms with van der Waals surface area (Å²) in [6, 6.07) is 37.2. The molecule has 0 bridgehead atoms. The predicted octanol–water partition coefficient (Wildman–Crippen LogP) is 11.8. The average molecular weight is 675 g/mol. The molecule has 268 valence electrons. The molecule has 4 rings (SSSR count). The number of hydrogen-bond donors (Lipinski definition) is 1. The zero-order valence-electron chi connectivity index (χ0n) is 31.3. The first-order valence-corrected chi connectivity index (χ1v) is 19.0. The molecular weight excluding hydrogens is 613 g/mol. The molecule has 2 atom stereocenters. The van der Waals surface area contributed by atoms with Crippen LogP contribution in [0.3, 0.4) is 0 Å². The minimum Gasteiger partial charge on any atom is -0.398 e. The van der Waals surface area contributed by atoms with Crippen LogP contribution < -0.4 is 5.73 Å². The molecule has 0 aliphatic heterocycles. The van der Waals surface area contributed by atoms with Gasteiger partial charge in [0.15, 0.2) is 0 Å². The molecule has 0 radical (unpaired) electrons. The van der Waals surface area contributed by atoms with Crippen molar-refractivity contribution in [3.63, 3.8) is 0 Å². The third-order valence-corrected chi connectivity index (χ3v) is 9.37. The molecule has 2 unspecified atom stereocenters. The van der Waals surface area contributed by atoms with Crippen LogP contribution >= 0.6 is 0 Å². The summed E-state index contributed by atoms with van der Waals surface area (Å²) in [5.41, 5.74) is 13.0. The lowest BCUT2D eigenvalue weighted by Gasteiger charge is -2.14. The summed E-state index contributed by atoms with van der Waals surface area (Å²) in [4.78, 5) is 25.9. The summed E-state index contributed by atoms with van der Waals surface area (Å²) in [5, 5.41) is 0. The van der Waals surface area contributed by atoms with Crippen molar-refractivity contribution in [3.05, 3.63) is 137 Å². The van der Waals surface area contributed by atoms with Gasteiger partial charge in [-0.25, -0.2) is 9.79 Å². The van der Waals surface area contributed by atoms with Gasteiger partial charge in [-0.05, 0) is 71.4 Å². The molecule has 50 heavy (non-hydrogen) atoms. The van der Waals surface area contributed by atoms with Gasteiger partial charge in [-0.3, -0.25) is 4.79 Å². The molecule has 4 nitrogen and oxygen atoms in total. The molecule has 4 aromatic rings. The molecule has 2 N–H and O–H groups in total. The maximum absolute atomic E-state index is 12.5. The van der Waals surface area contributed by atoms with Gasteiger partial charge in [-0.15, -0.1) is 0 Å². The van der Waals surface area contributed by atoms with Crippen LogP contribution in [0.5, 0.6) is 0 Å². The Morgan fingerprint density at radius 1 is 0.620 bits per heavy atom. The number of isocyanates is 1. The Kier molecular flexibility index (Phi) is 22.3. The quantitative estimate of drug-likeness (QED) is 0.0611. The number of para-hydroxylation sites is 1. The van der Waals surface area contributed by atoms with Crippen molar-refractivity contribution in [2.75, 3.05) is 12.3 Å². The van der Waals surface area contributed by atoms with Crippen molar-refractivity contribution in [2.45, 2.75) is 111 Å². The fourth-order valence-electron chi connectivity index (χ4n) is 6.02. The number of nitrogens with zero attached hydrogens (tertiary/aromatic N) is 1. The number of unbranched alkanes of at least 4 members (excludes halogenated alkanes) is 2. The minimum absolute atomic E-state index is 0.385. The third kappa shape index (κ3) is 17.9. The number of Topliss-reactive ketones (excluding diaryl/α,β-unsaturated/α-hetero) is 1. The van der Waals surface area contributed by atoms with E-state index in [2.05, 4.69) is 105 Å². The van der Waals surface area contributed by atoms with Gasteiger partial charge in [0.05, 0.1) is 6.54 Å². The molecule has 0 aliphatic carbocycles. The summed E-state index contributed by atoms with van der Waals surface area (Å²) in [6.07, 6.45) is 15.5. The van der Waals surface area contributed by atoms with Gasteiger partial charge in [0.2, 0.25) is 6.08 Å². The normalized spacial score (nSPS) is 11.5. The first-order chi connectivity index (χ1) is 24.4. The van der Waals surface area contributed by atoms with Crippen LogP contribution in [-0.2, 0) is 28.9 Å². The highest BCUT2D eigenvalue weighted by Crippen LogP contribution is 2.21. The van der Waals surface area contributed by atoms with E-state index < -0.39 is 0 Å². The topological polar surface area (TPSA) is 72.5 Å². The molecule has 4 heteroatoms. The molecular formula is C46H62N2O2. The van der Waals surface area contributed by atoms with E-state index in [1.54, 1.807) is 6.08 Å². The Labute approximate surface area is 303 Å². The molecule has 0 fully saturated rings. The van der Waals surface area contributed by atoms with Gasteiger partial charge >= 0.3 is 0 Å². The number of aliphatic imine (C=N–C) groups is 1. The molecule has 4 aromatic carbocycles. The molecule has 0 amide bonds. The maximum Gasteiger partial charge on any atom is 0.234 e. The summed E-state index contributed by atoms with van der Waals surface area (Å²) >= 11 is 0. The SMILES string of the molecule is CCCCC(CC)CCC(=O)Cc1ccccc1Cc1ccccc1.CCCCC(CC)CN=C=O.Nc1ccccc1Cc1ccccc1. The smallest absolute Gasteiger partial charge is 0.234 e. The fraction of sp³-hybridized carbons (Fsp3) is 0.435. The van der Waals surface area contributed by atoms with Crippen molar-refractivity contribution in [1.82, 2.24) is 0 Å². The third-order valence-electron chi connectivity index (χ3n) is 9.37. The number of hydrogen-bond acceptors (Lipinski definition) is 4. The highest BCUT2D eigenvalue weighted by molar-refractivity contribution is 5.81. The van der Waals surface area contributed by atoms with Crippen LogP contribution in [0.25, 0.3) is 0 Å². The highest BCUT2D eigenvalue weighted by atomic mass is 16.1. The second-order valence-corrected chi connectivity index (χ2v) is 13.3. The Hall–Kier alpha value is -4.27. The van der Waals surface area contributed by atoms with Gasteiger partial charge in [0.1, 0.15) is 5.78 Å². The van der Waals surface area contributed by atoms with Crippen LogP contribution in [0.15, 0.2) is 114 Å². The molecule has 0 saturated carbocycles. The summed E-state index contributed by atoms with van der Waals surface area (Å²) in [7, 11) is 0. The molecule has 0 heterocycles. The van der Waals surface area contributed by atoms with E-state index in [0.717, 1.165) is 37.8 Å². The van der Waals surface area contributed by atoms with Crippen molar-refractivity contribution in [2.24, 2.45) is 16.8 Å². The molecule has 0 saturated heterocycles. The second-order valence-electron chi connectivity index (χ2n) is 13.3. The summed E-state index contributed by atoms with van der Waals surface area (Å²) < 4.78 is 0. The van der Waals surface area contributed by atoms with Crippen molar-refractivity contribution >= 4 is 17.6 Å². The van der Waals surface area contributed by atoms with Crippen molar-refractivity contribution < 1.29 is 9.59 Å². The number of carbonyl (C=O) groups excluding carboxylic acids is 2. The van der Waals surface area contributed by atoms with E-state index in [4.69, 9.17) is 5.73 Å². The van der Waals surface area contributed by atoms with Gasteiger partial charge < -0.3 is 5.73 Å². The van der Waals surface area contributed by atoms with Crippen molar-refractivity contribution in [1.29, 1.82) is 0 Å². The van der Waals surface area contributed by atoms with E-state index >= 15 is 0 Å². The Morgan fingerprint density at radius 3 is 1.62 bits per heavy atom. The van der Waals surface area contributed by atoms with E-state index in [1.807, 2.05) is 36.4 Å². The van der Waals surface area contributed by atoms with Crippen LogP contribution in [-0.4, -0.2) is 18.4 Å². The van der Waals surface area contributed by atoms with E-state index in [0.29, 0.717) is 30.6 Å². The standard InChI is InChI=1S/C24H32O.C13H13N.C9H17NO/c1-3-5-11-20(4-2)16-17-24(25)19-23-15-10-9-14-22(23)18-21-12-7-6-8-13-21;14-13-9-5-4-8-12(13)10-11-6-2-1-3-7-11;1-3-5-6-9(4-2)7-10-8-11/h6-10,12-15,20H,3-5,11,16-19H2,1-2H3;1-9H,10,14H2;9H,3-7H2,1-2H3. The summed E-state index contributed by atoms with van der Waals surface area (Å²) in [6.45, 7) is 9.47. The predicted molar refractivity (Wildman–Crippen MR) is 213 cm³/mol. The number of rotatable bonds is 19. The number of ketones is 1. The first-order valence-electron chi connectivity index (χ1n) is 19.0. The van der Waals surface area contributed by atoms with Crippen LogP contribution in [0.1, 0.15) is 120 Å². The Bertz CT molecular complexity index is 1500. The highest BCUT2D eigenvalue weighted by Gasteiger charge is 2.12.